The molecule has 0 spiro atoms. The van der Waals surface area contributed by atoms with Crippen LogP contribution in [0.5, 0.6) is 0 Å². The fourth-order valence-corrected chi connectivity index (χ4v) is 0.854. The van der Waals surface area contributed by atoms with Crippen LogP contribution in [0.4, 0.5) is 28.8 Å². The zero-order valence-electron chi connectivity index (χ0n) is 26.9. The number of amides is 6. The van der Waals surface area contributed by atoms with Crippen LogP contribution in [-0.4, -0.2) is 98.4 Å². The lowest BCUT2D eigenvalue weighted by molar-refractivity contribution is -0.132. The average molecular weight is 679 g/mol. The Bertz CT molecular complexity index is 684. The highest BCUT2D eigenvalue weighted by Crippen LogP contribution is 1.69. The van der Waals surface area contributed by atoms with Crippen molar-refractivity contribution in [3.05, 3.63) is 25.3 Å². The predicted octanol–water partition coefficient (Wildman–Crippen LogP) is 1.12. The number of hydrogen-bond donors (Lipinski definition) is 8. The van der Waals surface area contributed by atoms with Crippen LogP contribution in [0, 0.1) is 0 Å². The second-order valence-electron chi connectivity index (χ2n) is 5.60. The molecule has 22 heteroatoms. The van der Waals surface area contributed by atoms with Crippen LogP contribution in [-0.2, 0) is 38.0 Å². The van der Waals surface area contributed by atoms with Gasteiger partial charge >= 0.3 is 48.5 Å². The van der Waals surface area contributed by atoms with Crippen LogP contribution in [0.2, 0.25) is 0 Å². The summed E-state index contributed by atoms with van der Waals surface area (Å²) in [6, 6.07) is 0. The van der Waals surface area contributed by atoms with Gasteiger partial charge in [-0.2, -0.15) is 0 Å². The molecule has 0 saturated heterocycles. The molecule has 0 aromatic rings. The third-order valence-corrected chi connectivity index (χ3v) is 2.07. The van der Waals surface area contributed by atoms with Gasteiger partial charge in [-0.1, -0.05) is 13.2 Å². The number of primary amides is 6. The summed E-state index contributed by atoms with van der Waals surface area (Å²) in [4.78, 5) is 76.1. The van der Waals surface area contributed by atoms with Gasteiger partial charge in [0.25, 0.3) is 0 Å². The van der Waals surface area contributed by atoms with E-state index in [1.807, 2.05) is 0 Å². The summed E-state index contributed by atoms with van der Waals surface area (Å²) in [5.41, 5.74) is 27.3. The number of aliphatic carboxylic acids is 2. The lowest BCUT2D eigenvalue weighted by Gasteiger charge is -1.89. The molecule has 0 saturated carbocycles. The Morgan fingerprint density at radius 3 is 0.500 bits per heavy atom. The Morgan fingerprint density at radius 1 is 0.413 bits per heavy atom. The lowest BCUT2D eigenvalue weighted by Crippen LogP contribution is -2.11. The minimum absolute atomic E-state index is 0.356. The quantitative estimate of drug-likeness (QED) is 0.132. The molecule has 0 fully saturated rings. The van der Waals surface area contributed by atoms with E-state index in [0.29, 0.717) is 39.6 Å². The number of rotatable bonds is 8. The molecule has 0 atom stereocenters. The summed E-state index contributed by atoms with van der Waals surface area (Å²) >= 11 is 0. The highest BCUT2D eigenvalue weighted by Gasteiger charge is 1.85. The molecule has 14 N–H and O–H groups in total. The van der Waals surface area contributed by atoms with Crippen molar-refractivity contribution in [2.45, 2.75) is 41.5 Å². The topological polar surface area (TPSA) is 389 Å². The van der Waals surface area contributed by atoms with Crippen LogP contribution < -0.4 is 34.4 Å². The minimum atomic E-state index is -0.981. The van der Waals surface area contributed by atoms with Crippen LogP contribution in [0.15, 0.2) is 25.3 Å². The molecule has 0 bridgehead atoms. The average Bonchev–Trinajstić information content (AvgIpc) is 2.90. The van der Waals surface area contributed by atoms with Gasteiger partial charge < -0.3 is 73.0 Å². The normalized spacial score (nSPS) is 7.26. The number of nitrogens with two attached hydrogens (primary N) is 6. The summed E-state index contributed by atoms with van der Waals surface area (Å²) in [5.74, 6) is -1.96. The minimum Gasteiger partial charge on any atom is -0.478 e. The van der Waals surface area contributed by atoms with E-state index < -0.39 is 48.5 Å². The number of carboxylic acids is 2. The molecule has 0 aliphatic rings. The lowest BCUT2D eigenvalue weighted by atomic mass is 10.7. The van der Waals surface area contributed by atoms with Crippen molar-refractivity contribution in [2.24, 2.45) is 34.4 Å². The number of carbonyl (C=O) groups excluding carboxylic acids is 6. The third kappa shape index (κ3) is 203. The monoisotopic (exact) mass is 678 g/mol. The van der Waals surface area contributed by atoms with Gasteiger partial charge in [0.15, 0.2) is 0 Å². The molecule has 22 nitrogen and oxygen atoms in total. The Labute approximate surface area is 266 Å². The van der Waals surface area contributed by atoms with E-state index in [1.54, 1.807) is 41.5 Å². The Balaban J connectivity index is -0.0000000599. The van der Waals surface area contributed by atoms with Crippen LogP contribution >= 0.6 is 0 Å². The summed E-state index contributed by atoms with van der Waals surface area (Å²) in [7, 11) is 0. The highest BCUT2D eigenvalue weighted by molar-refractivity contribution is 5.79. The van der Waals surface area contributed by atoms with Crippen molar-refractivity contribution in [1.82, 2.24) is 0 Å². The largest absolute Gasteiger partial charge is 0.478 e. The van der Waals surface area contributed by atoms with Gasteiger partial charge in [-0.25, -0.2) is 38.4 Å². The molecule has 0 aliphatic heterocycles. The maximum atomic E-state index is 9.60. The van der Waals surface area contributed by atoms with E-state index in [-0.39, 0.29) is 0 Å². The molecule has 0 rings (SSSR count). The van der Waals surface area contributed by atoms with E-state index in [2.05, 4.69) is 76.0 Å². The van der Waals surface area contributed by atoms with Gasteiger partial charge in [0.1, 0.15) is 0 Å². The van der Waals surface area contributed by atoms with E-state index in [0.717, 1.165) is 12.2 Å². The molecule has 0 aliphatic carbocycles. The summed E-state index contributed by atoms with van der Waals surface area (Å²) < 4.78 is 25.1. The van der Waals surface area contributed by atoms with Crippen molar-refractivity contribution >= 4 is 48.5 Å². The molecular formula is C24H50N6O16. The van der Waals surface area contributed by atoms with E-state index in [9.17, 15) is 38.4 Å². The molecule has 0 unspecified atom stereocenters. The van der Waals surface area contributed by atoms with Crippen molar-refractivity contribution in [3.63, 3.8) is 0 Å². The fourth-order valence-electron chi connectivity index (χ4n) is 0.854. The van der Waals surface area contributed by atoms with Crippen molar-refractivity contribution < 1.29 is 77.0 Å². The predicted molar refractivity (Wildman–Crippen MR) is 163 cm³/mol. The first-order valence-corrected chi connectivity index (χ1v) is 12.4. The maximum Gasteiger partial charge on any atom is 0.404 e. The zero-order chi connectivity index (χ0) is 38.5. The molecule has 272 valence electrons. The molecule has 46 heavy (non-hydrogen) atoms. The molecule has 0 aromatic carbocycles. The third-order valence-electron chi connectivity index (χ3n) is 2.07. The molecule has 0 heterocycles. The molecule has 0 radical (unpaired) electrons. The van der Waals surface area contributed by atoms with E-state index in [4.69, 9.17) is 10.2 Å². The zero-order valence-corrected chi connectivity index (χ0v) is 26.9. The standard InChI is InChI=1S/6C3H7NO2.2C3H4O2/c6*1-2-6-3(4)5;2*1-2-3(4)5/h6*2H2,1H3,(H2,4,5);2*2H,1H2,(H,4,5). The summed E-state index contributed by atoms with van der Waals surface area (Å²) in [5, 5.41) is 15.2. The van der Waals surface area contributed by atoms with Gasteiger partial charge in [-0.15, -0.1) is 0 Å². The van der Waals surface area contributed by atoms with Gasteiger partial charge in [0.2, 0.25) is 0 Å². The van der Waals surface area contributed by atoms with Gasteiger partial charge in [-0.05, 0) is 41.5 Å². The van der Waals surface area contributed by atoms with Gasteiger partial charge in [0, 0.05) is 12.2 Å². The smallest absolute Gasteiger partial charge is 0.404 e. The first kappa shape index (κ1) is 59.4. The van der Waals surface area contributed by atoms with Gasteiger partial charge in [-0.3, -0.25) is 0 Å². The van der Waals surface area contributed by atoms with Crippen molar-refractivity contribution in [1.29, 1.82) is 0 Å². The number of carbonyl (C=O) groups is 8. The number of ether oxygens (including phenoxy) is 6. The first-order chi connectivity index (χ1) is 21.2. The second kappa shape index (κ2) is 55.0. The number of hydrogen-bond acceptors (Lipinski definition) is 14. The van der Waals surface area contributed by atoms with E-state index >= 15 is 0 Å². The first-order valence-electron chi connectivity index (χ1n) is 12.4. The Morgan fingerprint density at radius 2 is 0.500 bits per heavy atom. The van der Waals surface area contributed by atoms with E-state index in [1.165, 1.54) is 0 Å². The SMILES string of the molecule is C=CC(=O)O.C=CC(=O)O.CCOC(N)=O.CCOC(N)=O.CCOC(N)=O.CCOC(N)=O.CCOC(N)=O.CCOC(N)=O. The number of carboxylic acid groups (broad SMARTS) is 2. The Kier molecular flexibility index (Phi) is 71.1. The van der Waals surface area contributed by atoms with Crippen LogP contribution in [0.1, 0.15) is 41.5 Å². The van der Waals surface area contributed by atoms with Crippen molar-refractivity contribution in [2.75, 3.05) is 39.6 Å². The van der Waals surface area contributed by atoms with Gasteiger partial charge in [0.05, 0.1) is 39.6 Å². The maximum absolute atomic E-state index is 9.60. The van der Waals surface area contributed by atoms with Crippen LogP contribution in [0.25, 0.3) is 0 Å². The molecule has 0 aromatic heterocycles. The summed E-state index contributed by atoms with van der Waals surface area (Å²) in [6.07, 6.45) is -2.60. The second-order valence-corrected chi connectivity index (χ2v) is 5.60. The Hall–Kier alpha value is -5.96. The highest BCUT2D eigenvalue weighted by atomic mass is 16.6. The summed E-state index contributed by atoms with van der Waals surface area (Å²) in [6.45, 7) is 18.3. The van der Waals surface area contributed by atoms with Crippen LogP contribution in [0.3, 0.4) is 0 Å². The molecular weight excluding hydrogens is 628 g/mol. The fraction of sp³-hybridized carbons (Fsp3) is 0.500. The molecule has 6 amide bonds. The van der Waals surface area contributed by atoms with Crippen molar-refractivity contribution in [3.8, 4) is 0 Å².